The highest BCUT2D eigenvalue weighted by Crippen LogP contribution is 2.21. The Labute approximate surface area is 77.6 Å². The average Bonchev–Trinajstić information content (AvgIpc) is 2.17. The van der Waals surface area contributed by atoms with E-state index in [-0.39, 0.29) is 0 Å². The van der Waals surface area contributed by atoms with Gasteiger partial charge in [0.05, 0.1) is 7.11 Å². The fourth-order valence-electron chi connectivity index (χ4n) is 1.62. The quantitative estimate of drug-likeness (QED) is 0.636. The van der Waals surface area contributed by atoms with E-state index in [0.717, 1.165) is 0 Å². The first-order valence-corrected chi connectivity index (χ1v) is 4.36. The number of hydrogen-bond acceptors (Lipinski definition) is 4. The molecule has 1 heterocycles. The van der Waals surface area contributed by atoms with Gasteiger partial charge in [0.15, 0.2) is 0 Å². The van der Waals surface area contributed by atoms with Crippen LogP contribution in [0.5, 0.6) is 0 Å². The minimum absolute atomic E-state index is 0.576. The number of carboxylic acids is 1. The fourth-order valence-corrected chi connectivity index (χ4v) is 1.62. The highest BCUT2D eigenvalue weighted by atomic mass is 16.7. The van der Waals surface area contributed by atoms with E-state index in [4.69, 9.17) is 9.94 Å². The average molecular weight is 188 g/mol. The second-order valence-corrected chi connectivity index (χ2v) is 3.25. The van der Waals surface area contributed by atoms with Crippen molar-refractivity contribution in [2.45, 2.75) is 18.4 Å². The summed E-state index contributed by atoms with van der Waals surface area (Å²) in [5.74, 6) is -0.772. The maximum atomic E-state index is 11.0. The van der Waals surface area contributed by atoms with Crippen molar-refractivity contribution in [3.8, 4) is 0 Å². The number of likely N-dealkylation sites (N-methyl/N-ethyl adjacent to an activating group) is 1. The molecule has 0 radical (unpaired) electrons. The summed E-state index contributed by atoms with van der Waals surface area (Å²) in [5, 5.41) is 13.7. The van der Waals surface area contributed by atoms with E-state index in [1.165, 1.54) is 0 Å². The Morgan fingerprint density at radius 2 is 2.08 bits per heavy atom. The summed E-state index contributed by atoms with van der Waals surface area (Å²) >= 11 is 0. The van der Waals surface area contributed by atoms with E-state index in [0.29, 0.717) is 25.9 Å². The predicted molar refractivity (Wildman–Crippen MR) is 47.2 cm³/mol. The van der Waals surface area contributed by atoms with Crippen molar-refractivity contribution in [3.63, 3.8) is 0 Å². The third-order valence-corrected chi connectivity index (χ3v) is 2.72. The van der Waals surface area contributed by atoms with Crippen LogP contribution < -0.4 is 5.32 Å². The topological polar surface area (TPSA) is 61.8 Å². The molecule has 0 atom stereocenters. The molecule has 13 heavy (non-hydrogen) atoms. The molecule has 0 unspecified atom stereocenters. The molecule has 0 aliphatic carbocycles. The van der Waals surface area contributed by atoms with Crippen LogP contribution in [-0.4, -0.2) is 48.9 Å². The summed E-state index contributed by atoms with van der Waals surface area (Å²) in [7, 11) is 3.30. The van der Waals surface area contributed by atoms with Gasteiger partial charge < -0.3 is 15.3 Å². The van der Waals surface area contributed by atoms with E-state index < -0.39 is 11.5 Å². The molecule has 1 fully saturated rings. The second-order valence-electron chi connectivity index (χ2n) is 3.25. The maximum Gasteiger partial charge on any atom is 0.323 e. The SMILES string of the molecule is CNC1(C(=O)O)CCN(OC)CC1. The first-order valence-electron chi connectivity index (χ1n) is 4.36. The Morgan fingerprint density at radius 3 is 2.38 bits per heavy atom. The van der Waals surface area contributed by atoms with Gasteiger partial charge in [0.2, 0.25) is 0 Å². The van der Waals surface area contributed by atoms with Gasteiger partial charge in [0, 0.05) is 13.1 Å². The zero-order valence-electron chi connectivity index (χ0n) is 8.04. The fraction of sp³-hybridized carbons (Fsp3) is 0.875. The Bertz CT molecular complexity index is 188. The molecule has 0 saturated carbocycles. The number of carbonyl (C=O) groups is 1. The van der Waals surface area contributed by atoms with Crippen molar-refractivity contribution < 1.29 is 14.7 Å². The molecule has 0 aromatic rings. The van der Waals surface area contributed by atoms with Crippen molar-refractivity contribution in [2.24, 2.45) is 0 Å². The third-order valence-electron chi connectivity index (χ3n) is 2.72. The Balaban J connectivity index is 2.58. The van der Waals surface area contributed by atoms with Crippen LogP contribution in [-0.2, 0) is 9.63 Å². The van der Waals surface area contributed by atoms with Crippen LogP contribution in [0.3, 0.4) is 0 Å². The smallest absolute Gasteiger partial charge is 0.323 e. The zero-order valence-corrected chi connectivity index (χ0v) is 8.04. The van der Waals surface area contributed by atoms with E-state index in [9.17, 15) is 4.79 Å². The van der Waals surface area contributed by atoms with Crippen molar-refractivity contribution in [3.05, 3.63) is 0 Å². The summed E-state index contributed by atoms with van der Waals surface area (Å²) in [4.78, 5) is 16.0. The van der Waals surface area contributed by atoms with Gasteiger partial charge in [-0.3, -0.25) is 4.79 Å². The first-order chi connectivity index (χ1) is 6.14. The highest BCUT2D eigenvalue weighted by Gasteiger charge is 2.40. The van der Waals surface area contributed by atoms with Crippen LogP contribution in [0.4, 0.5) is 0 Å². The molecule has 1 rings (SSSR count). The predicted octanol–water partition coefficient (Wildman–Crippen LogP) is -0.314. The van der Waals surface area contributed by atoms with Crippen LogP contribution in [0.15, 0.2) is 0 Å². The summed E-state index contributed by atoms with van der Waals surface area (Å²) in [5.41, 5.74) is -0.755. The molecule has 0 bridgehead atoms. The van der Waals surface area contributed by atoms with Gasteiger partial charge in [-0.15, -0.1) is 0 Å². The van der Waals surface area contributed by atoms with Crippen LogP contribution in [0.2, 0.25) is 0 Å². The van der Waals surface area contributed by atoms with Crippen molar-refractivity contribution in [1.82, 2.24) is 10.4 Å². The Kier molecular flexibility index (Phi) is 3.24. The van der Waals surface area contributed by atoms with Crippen LogP contribution in [0, 0.1) is 0 Å². The monoisotopic (exact) mass is 188 g/mol. The Morgan fingerprint density at radius 1 is 1.54 bits per heavy atom. The molecule has 76 valence electrons. The van der Waals surface area contributed by atoms with Crippen LogP contribution >= 0.6 is 0 Å². The van der Waals surface area contributed by atoms with Gasteiger partial charge in [0.25, 0.3) is 0 Å². The van der Waals surface area contributed by atoms with Gasteiger partial charge in [-0.1, -0.05) is 0 Å². The number of carboxylic acid groups (broad SMARTS) is 1. The molecule has 0 spiro atoms. The number of hydroxylamine groups is 2. The lowest BCUT2D eigenvalue weighted by atomic mass is 9.88. The molecule has 1 saturated heterocycles. The zero-order chi connectivity index (χ0) is 9.90. The molecule has 0 amide bonds. The normalized spacial score (nSPS) is 22.9. The summed E-state index contributed by atoms with van der Waals surface area (Å²) in [6, 6.07) is 0. The van der Waals surface area contributed by atoms with Gasteiger partial charge in [-0.05, 0) is 19.9 Å². The molecular weight excluding hydrogens is 172 g/mol. The minimum Gasteiger partial charge on any atom is -0.480 e. The van der Waals surface area contributed by atoms with E-state index in [1.54, 1.807) is 19.2 Å². The number of aliphatic carboxylic acids is 1. The number of rotatable bonds is 3. The van der Waals surface area contributed by atoms with E-state index in [2.05, 4.69) is 5.32 Å². The lowest BCUT2D eigenvalue weighted by Gasteiger charge is -2.37. The third kappa shape index (κ3) is 1.99. The lowest BCUT2D eigenvalue weighted by Crippen LogP contribution is -2.56. The van der Waals surface area contributed by atoms with Crippen molar-refractivity contribution in [1.29, 1.82) is 0 Å². The summed E-state index contributed by atoms with van der Waals surface area (Å²) in [6.07, 6.45) is 1.15. The number of nitrogens with zero attached hydrogens (tertiary/aromatic N) is 1. The molecule has 5 heteroatoms. The van der Waals surface area contributed by atoms with Crippen LogP contribution in [0.1, 0.15) is 12.8 Å². The number of nitrogens with one attached hydrogen (secondary N) is 1. The Hall–Kier alpha value is -0.650. The molecular formula is C8H16N2O3. The first kappa shape index (κ1) is 10.4. The van der Waals surface area contributed by atoms with E-state index >= 15 is 0 Å². The molecule has 5 nitrogen and oxygen atoms in total. The number of piperidine rings is 1. The number of hydrogen-bond donors (Lipinski definition) is 2. The van der Waals surface area contributed by atoms with Gasteiger partial charge in [-0.25, -0.2) is 0 Å². The van der Waals surface area contributed by atoms with Crippen molar-refractivity contribution in [2.75, 3.05) is 27.2 Å². The summed E-state index contributed by atoms with van der Waals surface area (Å²) in [6.45, 7) is 1.31. The molecule has 1 aliphatic heterocycles. The molecule has 1 aliphatic rings. The standard InChI is InChI=1S/C8H16N2O3/c1-9-8(7(11)12)3-5-10(13-2)6-4-8/h9H,3-6H2,1-2H3,(H,11,12). The van der Waals surface area contributed by atoms with Crippen molar-refractivity contribution >= 4 is 5.97 Å². The van der Waals surface area contributed by atoms with Gasteiger partial charge in [-0.2, -0.15) is 5.06 Å². The van der Waals surface area contributed by atoms with E-state index in [1.807, 2.05) is 0 Å². The molecule has 0 aromatic carbocycles. The largest absolute Gasteiger partial charge is 0.480 e. The van der Waals surface area contributed by atoms with Gasteiger partial charge >= 0.3 is 5.97 Å². The summed E-state index contributed by atoms with van der Waals surface area (Å²) < 4.78 is 0. The second kappa shape index (κ2) is 4.04. The maximum absolute atomic E-state index is 11.0. The van der Waals surface area contributed by atoms with Crippen LogP contribution in [0.25, 0.3) is 0 Å². The minimum atomic E-state index is -0.772. The highest BCUT2D eigenvalue weighted by molar-refractivity contribution is 5.78. The molecule has 0 aromatic heterocycles. The lowest BCUT2D eigenvalue weighted by molar-refractivity contribution is -0.167. The van der Waals surface area contributed by atoms with Gasteiger partial charge in [0.1, 0.15) is 5.54 Å². The molecule has 2 N–H and O–H groups in total.